The van der Waals surface area contributed by atoms with Crippen LogP contribution in [0.1, 0.15) is 41.5 Å². The molecule has 0 radical (unpaired) electrons. The van der Waals surface area contributed by atoms with E-state index in [4.69, 9.17) is 9.83 Å². The maximum Gasteiger partial charge on any atom is 0.160 e. The van der Waals surface area contributed by atoms with E-state index in [1.54, 1.807) is 0 Å². The van der Waals surface area contributed by atoms with Crippen molar-refractivity contribution >= 4 is 13.2 Å². The fourth-order valence-corrected chi connectivity index (χ4v) is 3.12. The van der Waals surface area contributed by atoms with E-state index in [2.05, 4.69) is 65.8 Å². The van der Waals surface area contributed by atoms with Gasteiger partial charge in [0.2, 0.25) is 0 Å². The zero-order chi connectivity index (χ0) is 13.1. The van der Waals surface area contributed by atoms with Crippen LogP contribution in [0.5, 0.6) is 0 Å². The van der Waals surface area contributed by atoms with Crippen molar-refractivity contribution in [2.24, 2.45) is 4.74 Å². The van der Waals surface area contributed by atoms with E-state index in [0.29, 0.717) is 0 Å². The first kappa shape index (κ1) is 14.3. The number of hydrogen-bond donors (Lipinski definition) is 0. The summed E-state index contributed by atoms with van der Waals surface area (Å²) < 4.78 is 4.86. The summed E-state index contributed by atoms with van der Waals surface area (Å²) in [5.74, 6) is 0. The largest absolute Gasteiger partial charge is 0.410 e. The highest BCUT2D eigenvalue weighted by molar-refractivity contribution is 7.58. The number of hydrogen-bond acceptors (Lipinski definition) is 1. The molecule has 1 aromatic rings. The van der Waals surface area contributed by atoms with Crippen molar-refractivity contribution in [3.63, 3.8) is 0 Å². The Morgan fingerprint density at radius 3 is 1.88 bits per heavy atom. The van der Waals surface area contributed by atoms with E-state index < -0.39 is 7.86 Å². The highest BCUT2D eigenvalue weighted by Crippen LogP contribution is 2.41. The molecular weight excluding hydrogens is 227 g/mol. The summed E-state index contributed by atoms with van der Waals surface area (Å²) in [6, 6.07) is 10.4. The fraction of sp³-hybridized carbons (Fsp3) is 0.571. The smallest absolute Gasteiger partial charge is 0.160 e. The maximum absolute atomic E-state index is 4.86. The van der Waals surface area contributed by atoms with Crippen molar-refractivity contribution in [2.75, 3.05) is 0 Å². The second kappa shape index (κ2) is 5.29. The molecule has 17 heavy (non-hydrogen) atoms. The zero-order valence-corrected chi connectivity index (χ0v) is 12.6. The molecular formula is C14H23N2P. The first-order chi connectivity index (χ1) is 7.67. The molecule has 0 bridgehead atoms. The minimum Gasteiger partial charge on any atom is -0.410 e. The van der Waals surface area contributed by atoms with E-state index in [-0.39, 0.29) is 11.1 Å². The number of benzene rings is 1. The second-order valence-corrected chi connectivity index (χ2v) is 7.66. The molecule has 0 spiro atoms. The lowest BCUT2D eigenvalue weighted by molar-refractivity contribution is 0.591. The minimum atomic E-state index is -0.782. The van der Waals surface area contributed by atoms with Crippen molar-refractivity contribution in [3.8, 4) is 0 Å². The third-order valence-electron chi connectivity index (χ3n) is 1.78. The zero-order valence-electron chi connectivity index (χ0n) is 11.7. The molecule has 1 rings (SSSR count). The Kier molecular flexibility index (Phi) is 4.46. The molecule has 0 aromatic heterocycles. The van der Waals surface area contributed by atoms with Crippen LogP contribution < -0.4 is 5.30 Å². The average Bonchev–Trinajstić information content (AvgIpc) is 2.14. The molecule has 0 saturated heterocycles. The summed E-state index contributed by atoms with van der Waals surface area (Å²) in [4.78, 5) is 0. The molecule has 3 heteroatoms. The highest BCUT2D eigenvalue weighted by Gasteiger charge is 2.18. The summed E-state index contributed by atoms with van der Waals surface area (Å²) in [6.45, 7) is 12.8. The highest BCUT2D eigenvalue weighted by atomic mass is 31.1. The Labute approximate surface area is 106 Å². The number of rotatable bonds is 2. The van der Waals surface area contributed by atoms with Gasteiger partial charge in [0.1, 0.15) is 0 Å². The first-order valence-electron chi connectivity index (χ1n) is 5.98. The van der Waals surface area contributed by atoms with E-state index in [9.17, 15) is 0 Å². The van der Waals surface area contributed by atoms with Gasteiger partial charge < -0.3 is 5.09 Å². The van der Waals surface area contributed by atoms with Crippen molar-refractivity contribution < 1.29 is 0 Å². The van der Waals surface area contributed by atoms with Gasteiger partial charge in [-0.2, -0.15) is 0 Å². The summed E-state index contributed by atoms with van der Waals surface area (Å²) in [6.07, 6.45) is 0. The summed E-state index contributed by atoms with van der Waals surface area (Å²) in [5.41, 5.74) is -0.0907. The predicted octanol–water partition coefficient (Wildman–Crippen LogP) is 4.86. The summed E-state index contributed by atoms with van der Waals surface area (Å²) in [5, 5.41) is 6.09. The summed E-state index contributed by atoms with van der Waals surface area (Å²) in [7, 11) is -0.782. The van der Waals surface area contributed by atoms with Gasteiger partial charge in [-0.1, -0.05) is 44.5 Å². The normalized spacial score (nSPS) is 13.9. The van der Waals surface area contributed by atoms with Gasteiger partial charge >= 0.3 is 0 Å². The lowest BCUT2D eigenvalue weighted by atomic mass is 10.1. The van der Waals surface area contributed by atoms with Crippen LogP contribution in [0, 0.1) is 0 Å². The van der Waals surface area contributed by atoms with Crippen molar-refractivity contribution in [1.29, 1.82) is 0 Å². The Morgan fingerprint density at radius 1 is 0.941 bits per heavy atom. The second-order valence-electron chi connectivity index (χ2n) is 6.17. The minimum absolute atomic E-state index is 0.0453. The first-order valence-corrected chi connectivity index (χ1v) is 7.23. The molecule has 94 valence electrons. The van der Waals surface area contributed by atoms with Gasteiger partial charge in [-0.15, -0.1) is 4.74 Å². The predicted molar refractivity (Wildman–Crippen MR) is 78.3 cm³/mol. The molecule has 0 fully saturated rings. The Bertz CT molecular complexity index is 383. The fourth-order valence-electron chi connectivity index (χ4n) is 1.27. The van der Waals surface area contributed by atoms with Crippen LogP contribution in [-0.2, 0) is 0 Å². The SMILES string of the molecule is CC(C)(C)N=[P+]([N-]C(C)(C)C)c1ccccc1. The Morgan fingerprint density at radius 2 is 1.47 bits per heavy atom. The van der Waals surface area contributed by atoms with E-state index in [1.165, 1.54) is 5.30 Å². The van der Waals surface area contributed by atoms with Crippen molar-refractivity contribution in [3.05, 3.63) is 35.4 Å². The molecule has 0 heterocycles. The van der Waals surface area contributed by atoms with Crippen LogP contribution >= 0.6 is 7.86 Å². The molecule has 0 amide bonds. The molecule has 0 saturated carbocycles. The lowest BCUT2D eigenvalue weighted by Gasteiger charge is -2.29. The molecule has 0 N–H and O–H groups in total. The molecule has 2 nitrogen and oxygen atoms in total. The monoisotopic (exact) mass is 250 g/mol. The van der Waals surface area contributed by atoms with Crippen LogP contribution in [0.15, 0.2) is 35.1 Å². The molecule has 1 atom stereocenters. The van der Waals surface area contributed by atoms with Gasteiger partial charge in [-0.3, -0.25) is 0 Å². The topological polar surface area (TPSA) is 26.5 Å². The van der Waals surface area contributed by atoms with Gasteiger partial charge in [0.15, 0.2) is 13.2 Å². The Hall–Kier alpha value is -0.720. The van der Waals surface area contributed by atoms with E-state index in [1.807, 2.05) is 6.07 Å². The molecule has 0 aliphatic carbocycles. The Balaban J connectivity index is 3.09. The van der Waals surface area contributed by atoms with Crippen LogP contribution in [0.2, 0.25) is 0 Å². The van der Waals surface area contributed by atoms with Gasteiger partial charge in [0.05, 0.1) is 5.54 Å². The average molecular weight is 250 g/mol. The van der Waals surface area contributed by atoms with Crippen LogP contribution in [0.25, 0.3) is 5.09 Å². The molecule has 1 unspecified atom stereocenters. The standard InChI is InChI=1S/C14H23N2P/c1-13(2,3)15-17(16-14(4,5)6)12-10-8-7-9-11-12/h7-11H,1-6H3. The third kappa shape index (κ3) is 5.95. The maximum atomic E-state index is 4.86. The van der Waals surface area contributed by atoms with E-state index >= 15 is 0 Å². The van der Waals surface area contributed by atoms with Gasteiger partial charge in [0.25, 0.3) is 0 Å². The van der Waals surface area contributed by atoms with Crippen LogP contribution in [0.4, 0.5) is 0 Å². The molecule has 0 aliphatic heterocycles. The quantitative estimate of drug-likeness (QED) is 0.670. The van der Waals surface area contributed by atoms with E-state index in [0.717, 1.165) is 0 Å². The van der Waals surface area contributed by atoms with Gasteiger partial charge in [-0.05, 0) is 32.9 Å². The van der Waals surface area contributed by atoms with Crippen LogP contribution in [-0.4, -0.2) is 11.1 Å². The van der Waals surface area contributed by atoms with Gasteiger partial charge in [-0.25, -0.2) is 0 Å². The van der Waals surface area contributed by atoms with Gasteiger partial charge in [0, 0.05) is 0 Å². The van der Waals surface area contributed by atoms with Crippen molar-refractivity contribution in [1.82, 2.24) is 0 Å². The molecule has 1 aromatic carbocycles. The number of nitrogens with zero attached hydrogens (tertiary/aromatic N) is 2. The van der Waals surface area contributed by atoms with Crippen molar-refractivity contribution in [2.45, 2.75) is 52.6 Å². The molecule has 0 aliphatic rings. The lowest BCUT2D eigenvalue weighted by Crippen LogP contribution is -2.14. The van der Waals surface area contributed by atoms with Crippen LogP contribution in [0.3, 0.4) is 0 Å². The summed E-state index contributed by atoms with van der Waals surface area (Å²) >= 11 is 0. The third-order valence-corrected chi connectivity index (χ3v) is 4.12.